The van der Waals surface area contributed by atoms with Gasteiger partial charge in [0, 0.05) is 6.04 Å². The maximum absolute atomic E-state index is 11.3. The Morgan fingerprint density at radius 3 is 2.59 bits per heavy atom. The minimum atomic E-state index is -0.508. The highest BCUT2D eigenvalue weighted by atomic mass is 35.5. The minimum absolute atomic E-state index is 0.0348. The van der Waals surface area contributed by atoms with Crippen LogP contribution in [0.3, 0.4) is 0 Å². The summed E-state index contributed by atoms with van der Waals surface area (Å²) in [6, 6.07) is 9.88. The number of hydrogen-bond donors (Lipinski definition) is 1. The van der Waals surface area contributed by atoms with Crippen molar-refractivity contribution < 1.29 is 9.53 Å². The number of ether oxygens (including phenoxy) is 1. The van der Waals surface area contributed by atoms with Gasteiger partial charge in [-0.3, -0.25) is 4.79 Å². The molecule has 0 radical (unpaired) electrons. The maximum Gasteiger partial charge on any atom is 0.238 e. The van der Waals surface area contributed by atoms with Crippen LogP contribution in [0.1, 0.15) is 19.4 Å². The van der Waals surface area contributed by atoms with Gasteiger partial charge in [-0.15, -0.1) is 11.6 Å². The van der Waals surface area contributed by atoms with Gasteiger partial charge in [0.05, 0.1) is 13.2 Å². The Balaban J connectivity index is 2.20. The second kappa shape index (κ2) is 7.30. The zero-order valence-corrected chi connectivity index (χ0v) is 10.9. The molecule has 94 valence electrons. The van der Waals surface area contributed by atoms with Crippen molar-refractivity contribution >= 4 is 17.5 Å². The summed E-state index contributed by atoms with van der Waals surface area (Å²) in [6.07, 6.45) is 0. The van der Waals surface area contributed by atoms with Crippen molar-refractivity contribution in [2.75, 3.05) is 6.61 Å². The third kappa shape index (κ3) is 5.71. The van der Waals surface area contributed by atoms with Crippen LogP contribution in [-0.4, -0.2) is 23.9 Å². The molecule has 1 amide bonds. The first kappa shape index (κ1) is 14.0. The van der Waals surface area contributed by atoms with Crippen LogP contribution in [-0.2, 0) is 16.1 Å². The zero-order chi connectivity index (χ0) is 12.7. The summed E-state index contributed by atoms with van der Waals surface area (Å²) in [5.74, 6) is -0.164. The van der Waals surface area contributed by atoms with Crippen LogP contribution in [0.2, 0.25) is 0 Å². The average Bonchev–Trinajstić information content (AvgIpc) is 2.30. The van der Waals surface area contributed by atoms with Crippen LogP contribution in [0, 0.1) is 0 Å². The molecular weight excluding hydrogens is 238 g/mol. The molecule has 3 nitrogen and oxygen atoms in total. The highest BCUT2D eigenvalue weighted by molar-refractivity contribution is 6.30. The molecule has 1 aromatic rings. The van der Waals surface area contributed by atoms with Crippen LogP contribution in [0.4, 0.5) is 0 Å². The molecule has 0 aliphatic rings. The molecule has 0 heterocycles. The lowest BCUT2D eigenvalue weighted by Gasteiger charge is -2.15. The lowest BCUT2D eigenvalue weighted by molar-refractivity contribution is -0.121. The lowest BCUT2D eigenvalue weighted by atomic mass is 10.2. The van der Waals surface area contributed by atoms with Gasteiger partial charge in [0.25, 0.3) is 0 Å². The van der Waals surface area contributed by atoms with Gasteiger partial charge in [0.15, 0.2) is 0 Å². The SMILES string of the molecule is CC(Cl)C(=O)N[C@H](C)COCc1ccccc1. The fourth-order valence-corrected chi connectivity index (χ4v) is 1.39. The van der Waals surface area contributed by atoms with E-state index in [9.17, 15) is 4.79 Å². The maximum atomic E-state index is 11.3. The van der Waals surface area contributed by atoms with Gasteiger partial charge in [0.2, 0.25) is 5.91 Å². The number of nitrogens with one attached hydrogen (secondary N) is 1. The van der Waals surface area contributed by atoms with Crippen molar-refractivity contribution in [1.29, 1.82) is 0 Å². The third-order valence-corrected chi connectivity index (χ3v) is 2.43. The fraction of sp³-hybridized carbons (Fsp3) is 0.462. The summed E-state index contributed by atoms with van der Waals surface area (Å²) in [4.78, 5) is 11.3. The predicted molar refractivity (Wildman–Crippen MR) is 69.0 cm³/mol. The Labute approximate surface area is 107 Å². The molecule has 4 heteroatoms. The van der Waals surface area contributed by atoms with E-state index in [1.54, 1.807) is 6.92 Å². The Kier molecular flexibility index (Phi) is 6.01. The molecule has 1 N–H and O–H groups in total. The average molecular weight is 256 g/mol. The van der Waals surface area contributed by atoms with Crippen molar-refractivity contribution in [1.82, 2.24) is 5.32 Å². The highest BCUT2D eigenvalue weighted by Crippen LogP contribution is 2.01. The molecule has 0 bridgehead atoms. The molecule has 1 unspecified atom stereocenters. The number of hydrogen-bond acceptors (Lipinski definition) is 2. The van der Waals surface area contributed by atoms with Crippen LogP contribution >= 0.6 is 11.6 Å². The normalized spacial score (nSPS) is 14.1. The Morgan fingerprint density at radius 2 is 2.00 bits per heavy atom. The number of rotatable bonds is 6. The molecule has 0 fully saturated rings. The molecule has 2 atom stereocenters. The molecule has 0 spiro atoms. The topological polar surface area (TPSA) is 38.3 Å². The van der Waals surface area contributed by atoms with Gasteiger partial charge < -0.3 is 10.1 Å². The van der Waals surface area contributed by atoms with Crippen LogP contribution < -0.4 is 5.32 Å². The van der Waals surface area contributed by atoms with E-state index >= 15 is 0 Å². The van der Waals surface area contributed by atoms with Crippen LogP contribution in [0.5, 0.6) is 0 Å². The van der Waals surface area contributed by atoms with Crippen molar-refractivity contribution in [2.45, 2.75) is 31.9 Å². The van der Waals surface area contributed by atoms with Crippen LogP contribution in [0.15, 0.2) is 30.3 Å². The van der Waals surface area contributed by atoms with E-state index in [1.165, 1.54) is 0 Å². The molecule has 17 heavy (non-hydrogen) atoms. The van der Waals surface area contributed by atoms with Crippen molar-refractivity contribution in [3.8, 4) is 0 Å². The summed E-state index contributed by atoms with van der Waals surface area (Å²) in [7, 11) is 0. The van der Waals surface area contributed by atoms with Gasteiger partial charge >= 0.3 is 0 Å². The van der Waals surface area contributed by atoms with Gasteiger partial charge in [0.1, 0.15) is 5.38 Å². The van der Waals surface area contributed by atoms with Gasteiger partial charge in [-0.05, 0) is 19.4 Å². The van der Waals surface area contributed by atoms with Gasteiger partial charge in [-0.25, -0.2) is 0 Å². The molecule has 0 aliphatic heterocycles. The summed E-state index contributed by atoms with van der Waals surface area (Å²) >= 11 is 5.65. The lowest BCUT2D eigenvalue weighted by Crippen LogP contribution is -2.39. The van der Waals surface area contributed by atoms with Crippen molar-refractivity contribution in [3.63, 3.8) is 0 Å². The Morgan fingerprint density at radius 1 is 1.35 bits per heavy atom. The number of carbonyl (C=O) groups is 1. The summed E-state index contributed by atoms with van der Waals surface area (Å²) in [5.41, 5.74) is 1.12. The highest BCUT2D eigenvalue weighted by Gasteiger charge is 2.12. The van der Waals surface area contributed by atoms with Crippen LogP contribution in [0.25, 0.3) is 0 Å². The minimum Gasteiger partial charge on any atom is -0.375 e. The summed E-state index contributed by atoms with van der Waals surface area (Å²) in [5, 5.41) is 2.26. The second-order valence-electron chi connectivity index (χ2n) is 4.03. The third-order valence-electron chi connectivity index (χ3n) is 2.23. The summed E-state index contributed by atoms with van der Waals surface area (Å²) < 4.78 is 5.50. The van der Waals surface area contributed by atoms with E-state index in [1.807, 2.05) is 37.3 Å². The number of halogens is 1. The van der Waals surface area contributed by atoms with E-state index < -0.39 is 5.38 Å². The summed E-state index contributed by atoms with van der Waals surface area (Å²) in [6.45, 7) is 4.57. The second-order valence-corrected chi connectivity index (χ2v) is 4.68. The molecule has 0 saturated heterocycles. The molecule has 0 aliphatic carbocycles. The number of carbonyl (C=O) groups excluding carboxylic acids is 1. The number of alkyl halides is 1. The standard InChI is InChI=1S/C13H18ClNO2/c1-10(15-13(16)11(2)14)8-17-9-12-6-4-3-5-7-12/h3-7,10-11H,8-9H2,1-2H3,(H,15,16)/t10-,11?/m1/s1. The van der Waals surface area contributed by atoms with E-state index in [0.717, 1.165) is 5.56 Å². The first-order valence-corrected chi connectivity index (χ1v) is 6.09. The predicted octanol–water partition coefficient (Wildman–Crippen LogP) is 2.34. The molecule has 0 saturated carbocycles. The van der Waals surface area contributed by atoms with Crippen molar-refractivity contribution in [3.05, 3.63) is 35.9 Å². The van der Waals surface area contributed by atoms with E-state index in [0.29, 0.717) is 13.2 Å². The zero-order valence-electron chi connectivity index (χ0n) is 10.2. The van der Waals surface area contributed by atoms with Crippen molar-refractivity contribution in [2.24, 2.45) is 0 Å². The van der Waals surface area contributed by atoms with Gasteiger partial charge in [-0.2, -0.15) is 0 Å². The molecule has 1 aromatic carbocycles. The smallest absolute Gasteiger partial charge is 0.238 e. The first-order chi connectivity index (χ1) is 8.09. The Hall–Kier alpha value is -1.06. The fourth-order valence-electron chi connectivity index (χ4n) is 1.33. The van der Waals surface area contributed by atoms with Gasteiger partial charge in [-0.1, -0.05) is 30.3 Å². The largest absolute Gasteiger partial charge is 0.375 e. The monoisotopic (exact) mass is 255 g/mol. The van der Waals surface area contributed by atoms with E-state index in [2.05, 4.69) is 5.32 Å². The molecular formula is C13H18ClNO2. The quantitative estimate of drug-likeness (QED) is 0.793. The molecule has 1 rings (SSSR count). The number of amides is 1. The van der Waals surface area contributed by atoms with E-state index in [4.69, 9.17) is 16.3 Å². The Bertz CT molecular complexity index is 341. The number of benzene rings is 1. The molecule has 0 aromatic heterocycles. The first-order valence-electron chi connectivity index (χ1n) is 5.65. The van der Waals surface area contributed by atoms with E-state index in [-0.39, 0.29) is 11.9 Å².